The number of rotatable bonds is 5. The van der Waals surface area contributed by atoms with Crippen LogP contribution in [0.4, 0.5) is 13.2 Å². The second kappa shape index (κ2) is 6.89. The fourth-order valence-electron chi connectivity index (χ4n) is 2.87. The van der Waals surface area contributed by atoms with Gasteiger partial charge >= 0.3 is 6.36 Å². The van der Waals surface area contributed by atoms with Crippen molar-refractivity contribution in [3.63, 3.8) is 0 Å². The Balaban J connectivity index is 1.69. The zero-order valence-electron chi connectivity index (χ0n) is 14.9. The number of hydrogen-bond donors (Lipinski definition) is 0. The maximum absolute atomic E-state index is 12.6. The molecule has 0 fully saturated rings. The number of alkyl halides is 3. The molecule has 0 spiro atoms. The molecule has 0 aliphatic rings. The Hall–Kier alpha value is -2.95. The number of nitrogens with zero attached hydrogens (tertiary/aromatic N) is 6. The molecule has 0 radical (unpaired) electrons. The number of para-hydroxylation sites is 1. The summed E-state index contributed by atoms with van der Waals surface area (Å²) in [6, 6.07) is 7.90. The summed E-state index contributed by atoms with van der Waals surface area (Å²) in [5, 5.41) is 17.9. The minimum Gasteiger partial charge on any atom is -0.405 e. The van der Waals surface area contributed by atoms with Gasteiger partial charge in [-0.1, -0.05) is 29.5 Å². The monoisotopic (exact) mass is 408 g/mol. The highest BCUT2D eigenvalue weighted by Gasteiger charge is 2.32. The van der Waals surface area contributed by atoms with Crippen molar-refractivity contribution in [2.75, 3.05) is 0 Å². The molecule has 0 bridgehead atoms. The predicted octanol–water partition coefficient (Wildman–Crippen LogP) is 3.87. The number of fused-ring (bicyclic) bond motifs is 1. The van der Waals surface area contributed by atoms with E-state index in [4.69, 9.17) is 0 Å². The highest BCUT2D eigenvalue weighted by Crippen LogP contribution is 2.29. The molecule has 3 aromatic heterocycles. The molecule has 11 heteroatoms. The van der Waals surface area contributed by atoms with E-state index in [0.29, 0.717) is 27.9 Å². The standard InChI is InChI=1S/C17H15F3N6OS/c1-3-25-12(8-10(2)23-25)15-24-26-14(21-22-16(26)28-15)9-11-6-4-5-7-13(11)27-17(18,19)20/h4-8H,3,9H2,1-2H3. The molecule has 146 valence electrons. The fraction of sp³-hybridized carbons (Fsp3) is 0.294. The molecule has 0 aliphatic carbocycles. The van der Waals surface area contributed by atoms with E-state index < -0.39 is 6.36 Å². The van der Waals surface area contributed by atoms with Crippen LogP contribution in [0.5, 0.6) is 5.75 Å². The van der Waals surface area contributed by atoms with Gasteiger partial charge in [0, 0.05) is 18.5 Å². The van der Waals surface area contributed by atoms with Crippen LogP contribution in [0.15, 0.2) is 30.3 Å². The Morgan fingerprint density at radius 3 is 2.68 bits per heavy atom. The Kier molecular flexibility index (Phi) is 4.53. The van der Waals surface area contributed by atoms with Crippen molar-refractivity contribution in [2.45, 2.75) is 33.2 Å². The van der Waals surface area contributed by atoms with E-state index in [2.05, 4.69) is 25.1 Å². The second-order valence-electron chi connectivity index (χ2n) is 6.04. The zero-order chi connectivity index (χ0) is 19.9. The maximum atomic E-state index is 12.6. The van der Waals surface area contributed by atoms with Crippen LogP contribution in [-0.2, 0) is 13.0 Å². The van der Waals surface area contributed by atoms with Crippen LogP contribution in [0.3, 0.4) is 0 Å². The van der Waals surface area contributed by atoms with Gasteiger partial charge in [0.15, 0.2) is 10.8 Å². The van der Waals surface area contributed by atoms with Crippen molar-refractivity contribution < 1.29 is 17.9 Å². The van der Waals surface area contributed by atoms with E-state index in [-0.39, 0.29) is 12.2 Å². The number of ether oxygens (including phenoxy) is 1. The van der Waals surface area contributed by atoms with Crippen LogP contribution in [0.1, 0.15) is 24.0 Å². The summed E-state index contributed by atoms with van der Waals surface area (Å²) < 4.78 is 45.4. The van der Waals surface area contributed by atoms with Crippen molar-refractivity contribution >= 4 is 16.3 Å². The molecule has 0 N–H and O–H groups in total. The molecule has 3 heterocycles. The van der Waals surface area contributed by atoms with Gasteiger partial charge in [-0.2, -0.15) is 14.7 Å². The van der Waals surface area contributed by atoms with E-state index in [1.54, 1.807) is 16.6 Å². The average molecular weight is 408 g/mol. The molecule has 0 saturated heterocycles. The molecule has 0 atom stereocenters. The third-order valence-corrected chi connectivity index (χ3v) is 4.94. The van der Waals surface area contributed by atoms with Crippen LogP contribution in [0, 0.1) is 6.92 Å². The Labute approximate surface area is 161 Å². The van der Waals surface area contributed by atoms with Crippen LogP contribution in [0.25, 0.3) is 15.7 Å². The normalized spacial score (nSPS) is 12.0. The Bertz CT molecular complexity index is 1130. The molecule has 28 heavy (non-hydrogen) atoms. The highest BCUT2D eigenvalue weighted by atomic mass is 32.1. The van der Waals surface area contributed by atoms with Crippen molar-refractivity contribution in [1.29, 1.82) is 0 Å². The van der Waals surface area contributed by atoms with E-state index in [0.717, 1.165) is 11.4 Å². The molecule has 0 saturated carbocycles. The van der Waals surface area contributed by atoms with E-state index in [1.165, 1.54) is 23.5 Å². The van der Waals surface area contributed by atoms with Crippen LogP contribution in [0.2, 0.25) is 0 Å². The summed E-state index contributed by atoms with van der Waals surface area (Å²) >= 11 is 1.35. The summed E-state index contributed by atoms with van der Waals surface area (Å²) in [4.78, 5) is 0.556. The third kappa shape index (κ3) is 3.57. The van der Waals surface area contributed by atoms with Crippen LogP contribution in [-0.4, -0.2) is 36.0 Å². The molecule has 0 aliphatic heterocycles. The smallest absolute Gasteiger partial charge is 0.405 e. The van der Waals surface area contributed by atoms with Crippen molar-refractivity contribution in [1.82, 2.24) is 29.6 Å². The summed E-state index contributed by atoms with van der Waals surface area (Å²) in [7, 11) is 0. The Morgan fingerprint density at radius 1 is 1.14 bits per heavy atom. The first-order valence-corrected chi connectivity index (χ1v) is 9.25. The van der Waals surface area contributed by atoms with Gasteiger partial charge in [0.25, 0.3) is 0 Å². The molecule has 4 rings (SSSR count). The number of hydrogen-bond acceptors (Lipinski definition) is 6. The van der Waals surface area contributed by atoms with Gasteiger partial charge in [0.1, 0.15) is 5.75 Å². The number of aryl methyl sites for hydroxylation is 2. The van der Waals surface area contributed by atoms with E-state index in [1.807, 2.05) is 24.6 Å². The molecular weight excluding hydrogens is 393 g/mol. The summed E-state index contributed by atoms with van der Waals surface area (Å²) in [6.45, 7) is 4.58. The largest absolute Gasteiger partial charge is 0.573 e. The summed E-state index contributed by atoms with van der Waals surface area (Å²) in [5.41, 5.74) is 2.08. The Morgan fingerprint density at radius 2 is 1.93 bits per heavy atom. The minimum atomic E-state index is -4.76. The second-order valence-corrected chi connectivity index (χ2v) is 6.99. The summed E-state index contributed by atoms with van der Waals surface area (Å²) in [5.74, 6) is 0.164. The van der Waals surface area contributed by atoms with Gasteiger partial charge in [0.05, 0.1) is 11.4 Å². The van der Waals surface area contributed by atoms with Gasteiger partial charge in [-0.05, 0) is 26.0 Å². The topological polar surface area (TPSA) is 70.1 Å². The van der Waals surface area contributed by atoms with Gasteiger partial charge in [-0.25, -0.2) is 0 Å². The molecule has 0 unspecified atom stereocenters. The quantitative estimate of drug-likeness (QED) is 0.501. The van der Waals surface area contributed by atoms with Crippen molar-refractivity contribution in [2.24, 2.45) is 0 Å². The van der Waals surface area contributed by atoms with E-state index in [9.17, 15) is 13.2 Å². The maximum Gasteiger partial charge on any atom is 0.573 e. The minimum absolute atomic E-state index is 0.0999. The molecule has 1 aromatic carbocycles. The SMILES string of the molecule is CCn1nc(C)cc1-c1nn2c(Cc3ccccc3OC(F)(F)F)nnc2s1. The molecular formula is C17H15F3N6OS. The number of benzene rings is 1. The lowest BCUT2D eigenvalue weighted by Gasteiger charge is -2.12. The first-order chi connectivity index (χ1) is 13.3. The van der Waals surface area contributed by atoms with Gasteiger partial charge in [-0.15, -0.1) is 23.4 Å². The van der Waals surface area contributed by atoms with E-state index >= 15 is 0 Å². The lowest BCUT2D eigenvalue weighted by molar-refractivity contribution is -0.274. The van der Waals surface area contributed by atoms with Gasteiger partial charge in [0.2, 0.25) is 4.96 Å². The van der Waals surface area contributed by atoms with Crippen molar-refractivity contribution in [3.05, 3.63) is 47.4 Å². The van der Waals surface area contributed by atoms with Gasteiger partial charge < -0.3 is 4.74 Å². The van der Waals surface area contributed by atoms with Crippen LogP contribution < -0.4 is 4.74 Å². The summed E-state index contributed by atoms with van der Waals surface area (Å²) in [6.07, 6.45) is -4.66. The van der Waals surface area contributed by atoms with Gasteiger partial charge in [-0.3, -0.25) is 4.68 Å². The molecule has 4 aromatic rings. The highest BCUT2D eigenvalue weighted by molar-refractivity contribution is 7.19. The number of halogens is 3. The fourth-order valence-corrected chi connectivity index (χ4v) is 3.75. The van der Waals surface area contributed by atoms with Crippen molar-refractivity contribution in [3.8, 4) is 16.5 Å². The molecule has 0 amide bonds. The lowest BCUT2D eigenvalue weighted by atomic mass is 10.1. The first kappa shape index (κ1) is 18.4. The zero-order valence-corrected chi connectivity index (χ0v) is 15.8. The predicted molar refractivity (Wildman–Crippen MR) is 96.2 cm³/mol. The molecule has 7 nitrogen and oxygen atoms in total. The lowest BCUT2D eigenvalue weighted by Crippen LogP contribution is -2.18. The average Bonchev–Trinajstić information content (AvgIpc) is 3.30. The first-order valence-electron chi connectivity index (χ1n) is 8.43. The third-order valence-electron chi connectivity index (χ3n) is 4.02. The number of aromatic nitrogens is 6. The van der Waals surface area contributed by atoms with Crippen LogP contribution >= 0.6 is 11.3 Å².